The molecule has 6 rings (SSSR count). The van der Waals surface area contributed by atoms with Crippen LogP contribution in [0.15, 0.2) is 63.6 Å². The van der Waals surface area contributed by atoms with Gasteiger partial charge in [0, 0.05) is 73.8 Å². The second-order valence-corrected chi connectivity index (χ2v) is 17.2. The SMILES string of the molecule is CCN(CC)CCOc1ccc2nc3c(oc2c1)c1c(O)c2c(=O)c(C)c4c(c23)C(=O)[C@@](C)(O/C=C/[C@H](OC)[C@@H](C)[C@@H](OC(C)=O)[C@H](C)[C@H](O)[C@H](C)[C@@H](O)[C@@H](C)/C=C/C=C(/C)C(=O)N1)O4. The fourth-order valence-electron chi connectivity index (χ4n) is 8.71. The van der Waals surface area contributed by atoms with Crippen LogP contribution in [0.25, 0.3) is 33.0 Å². The zero-order valence-corrected chi connectivity index (χ0v) is 38.9. The zero-order chi connectivity index (χ0) is 47.7. The van der Waals surface area contributed by atoms with Crippen LogP contribution in [0.1, 0.15) is 78.2 Å². The van der Waals surface area contributed by atoms with Gasteiger partial charge in [-0.3, -0.25) is 19.2 Å². The van der Waals surface area contributed by atoms with Crippen LogP contribution in [0, 0.1) is 30.6 Å². The number of ether oxygens (including phenoxy) is 5. The number of methoxy groups -OCH3 is 1. The van der Waals surface area contributed by atoms with Gasteiger partial charge in [-0.2, -0.15) is 0 Å². The van der Waals surface area contributed by atoms with Crippen molar-refractivity contribution in [1.82, 2.24) is 9.88 Å². The number of aliphatic hydroxyl groups is 2. The number of esters is 1. The third kappa shape index (κ3) is 9.48. The van der Waals surface area contributed by atoms with Crippen LogP contribution in [-0.2, 0) is 23.8 Å². The number of benzene rings is 3. The van der Waals surface area contributed by atoms with Crippen molar-refractivity contribution in [2.45, 2.75) is 99.4 Å². The minimum absolute atomic E-state index is 0.00857. The van der Waals surface area contributed by atoms with Crippen LogP contribution in [0.3, 0.4) is 0 Å². The highest BCUT2D eigenvalue weighted by atomic mass is 16.7. The highest BCUT2D eigenvalue weighted by molar-refractivity contribution is 6.26. The van der Waals surface area contributed by atoms with Gasteiger partial charge in [0.15, 0.2) is 22.3 Å². The number of phenolic OH excluding ortho intramolecular Hbond substituents is 1. The van der Waals surface area contributed by atoms with E-state index in [1.54, 1.807) is 58.0 Å². The standard InChI is InChI=1S/C49H61N3O13/c1-12-52(13-2)20-22-61-31-17-18-32-34(23-31)64-46-38(50-32)35-36-42(56)29(8)45-37(35)47(58)49(10,65-45)62-21-19-33(60-11)26(5)44(63-30(9)53)28(7)41(55)27(6)40(54)24(3)15-14-16-25(4)48(59)51-39(46)43(36)57/h14-19,21,23-24,26-28,33,40-41,44,54-55,57H,12-13,20,22H2,1-11H3,(H,51,59)/b15-14+,21-19+,25-16-/t24-,26+,27+,28+,33-,40-,41+,44+,49-/m0/s1. The molecular weight excluding hydrogens is 839 g/mol. The number of Topliss-reactive ketones (excluding diaryl/α,β-unsaturated/α-hetero) is 1. The third-order valence-corrected chi connectivity index (χ3v) is 12.9. The normalized spacial score (nSPS) is 28.5. The number of allylic oxidation sites excluding steroid dienone is 2. The van der Waals surface area contributed by atoms with E-state index in [1.165, 1.54) is 53.2 Å². The van der Waals surface area contributed by atoms with Gasteiger partial charge in [0.1, 0.15) is 40.9 Å². The van der Waals surface area contributed by atoms with E-state index in [2.05, 4.69) is 24.1 Å². The Hall–Kier alpha value is -5.81. The summed E-state index contributed by atoms with van der Waals surface area (Å²) in [4.78, 5) is 62.6. The summed E-state index contributed by atoms with van der Waals surface area (Å²) in [6, 6.07) is 5.02. The molecule has 16 nitrogen and oxygen atoms in total. The number of aliphatic hydroxyl groups excluding tert-OH is 2. The number of carbonyl (C=O) groups excluding carboxylic acids is 3. The van der Waals surface area contributed by atoms with Crippen LogP contribution >= 0.6 is 0 Å². The van der Waals surface area contributed by atoms with Crippen LogP contribution in [0.4, 0.5) is 5.69 Å². The summed E-state index contributed by atoms with van der Waals surface area (Å²) in [6.07, 6.45) is 3.61. The molecule has 1 amide bonds. The molecule has 0 aliphatic carbocycles. The summed E-state index contributed by atoms with van der Waals surface area (Å²) in [6.45, 7) is 19.5. The second kappa shape index (κ2) is 19.7. The van der Waals surface area contributed by atoms with Crippen LogP contribution in [0.2, 0.25) is 0 Å². The Balaban J connectivity index is 1.56. The van der Waals surface area contributed by atoms with E-state index in [-0.39, 0.29) is 55.6 Å². The maximum atomic E-state index is 14.7. The van der Waals surface area contributed by atoms with Crippen molar-refractivity contribution in [1.29, 1.82) is 0 Å². The lowest BCUT2D eigenvalue weighted by Gasteiger charge is -2.38. The largest absolute Gasteiger partial charge is 0.505 e. The molecule has 3 heterocycles. The summed E-state index contributed by atoms with van der Waals surface area (Å²) in [5.74, 6) is -6.78. The average Bonchev–Trinajstić information content (AvgIpc) is 3.55. The summed E-state index contributed by atoms with van der Waals surface area (Å²) < 4.78 is 36.4. The maximum absolute atomic E-state index is 14.7. The number of nitrogens with one attached hydrogen (secondary N) is 1. The highest BCUT2D eigenvalue weighted by Gasteiger charge is 2.49. The summed E-state index contributed by atoms with van der Waals surface area (Å²) in [5, 5.41) is 37.5. The number of likely N-dealkylation sites (N-methyl/N-ethyl adjacent to an activating group) is 1. The first-order valence-electron chi connectivity index (χ1n) is 22.0. The van der Waals surface area contributed by atoms with Crippen molar-refractivity contribution in [2.24, 2.45) is 23.7 Å². The molecule has 1 aromatic heterocycles. The molecule has 4 aromatic rings. The lowest BCUT2D eigenvalue weighted by atomic mass is 9.78. The van der Waals surface area contributed by atoms with Gasteiger partial charge in [-0.05, 0) is 45.1 Å². The molecular formula is C49H61N3O13. The van der Waals surface area contributed by atoms with Crippen molar-refractivity contribution < 1.29 is 57.8 Å². The first-order chi connectivity index (χ1) is 30.8. The first-order valence-corrected chi connectivity index (χ1v) is 22.0. The number of anilines is 1. The number of aromatic nitrogens is 1. The molecule has 0 fully saturated rings. The highest BCUT2D eigenvalue weighted by Crippen LogP contribution is 2.48. The number of ketones is 1. The lowest BCUT2D eigenvalue weighted by molar-refractivity contribution is -0.160. The molecule has 2 aliphatic rings. The third-order valence-electron chi connectivity index (χ3n) is 12.9. The molecule has 2 aliphatic heterocycles. The molecule has 0 saturated carbocycles. The van der Waals surface area contributed by atoms with Gasteiger partial charge in [-0.15, -0.1) is 0 Å². The van der Waals surface area contributed by atoms with Crippen molar-refractivity contribution in [3.05, 3.63) is 75.7 Å². The van der Waals surface area contributed by atoms with E-state index in [0.29, 0.717) is 24.4 Å². The Bertz CT molecular complexity index is 2630. The topological polar surface area (TPSA) is 216 Å². The molecule has 0 saturated heterocycles. The predicted molar refractivity (Wildman–Crippen MR) is 245 cm³/mol. The second-order valence-electron chi connectivity index (χ2n) is 17.2. The van der Waals surface area contributed by atoms with Crippen LogP contribution in [-0.4, -0.2) is 106 Å². The molecule has 4 N–H and O–H groups in total. The van der Waals surface area contributed by atoms with E-state index in [9.17, 15) is 34.5 Å². The van der Waals surface area contributed by atoms with Crippen molar-refractivity contribution in [2.75, 3.05) is 38.7 Å². The molecule has 9 atom stereocenters. The van der Waals surface area contributed by atoms with Gasteiger partial charge < -0.3 is 53.6 Å². The number of carbonyl (C=O) groups is 3. The number of amides is 1. The molecule has 16 heteroatoms. The van der Waals surface area contributed by atoms with Crippen LogP contribution in [0.5, 0.6) is 17.2 Å². The van der Waals surface area contributed by atoms with E-state index >= 15 is 0 Å². The Morgan fingerprint density at radius 3 is 2.35 bits per heavy atom. The lowest BCUT2D eigenvalue weighted by Crippen LogP contribution is -2.46. The van der Waals surface area contributed by atoms with Gasteiger partial charge in [-0.1, -0.05) is 59.8 Å². The Kier molecular flexibility index (Phi) is 14.8. The van der Waals surface area contributed by atoms with E-state index < -0.39 is 82.7 Å². The van der Waals surface area contributed by atoms with E-state index in [1.807, 2.05) is 0 Å². The summed E-state index contributed by atoms with van der Waals surface area (Å²) in [5.41, 5.74) is -0.498. The molecule has 0 spiro atoms. The first kappa shape index (κ1) is 48.6. The number of phenols is 1. The minimum atomic E-state index is -2.05. The van der Waals surface area contributed by atoms with Gasteiger partial charge in [0.2, 0.25) is 0 Å². The van der Waals surface area contributed by atoms with Crippen LogP contribution < -0.4 is 20.2 Å². The molecule has 350 valence electrons. The van der Waals surface area contributed by atoms with E-state index in [0.717, 1.165) is 13.1 Å². The average molecular weight is 900 g/mol. The fraction of sp³-hybridized carbons (Fsp3) is 0.490. The number of hydrogen-bond acceptors (Lipinski definition) is 15. The molecule has 5 bridgehead atoms. The van der Waals surface area contributed by atoms with Crippen molar-refractivity contribution in [3.8, 4) is 17.2 Å². The molecule has 0 unspecified atom stereocenters. The molecule has 3 aromatic carbocycles. The molecule has 0 radical (unpaired) electrons. The number of nitrogens with zero attached hydrogens (tertiary/aromatic N) is 2. The van der Waals surface area contributed by atoms with E-state index in [4.69, 9.17) is 33.1 Å². The monoisotopic (exact) mass is 899 g/mol. The summed E-state index contributed by atoms with van der Waals surface area (Å²) >= 11 is 0. The van der Waals surface area contributed by atoms with Crippen molar-refractivity contribution >= 4 is 56.3 Å². The van der Waals surface area contributed by atoms with Gasteiger partial charge >= 0.3 is 11.8 Å². The Morgan fingerprint density at radius 1 is 0.985 bits per heavy atom. The Morgan fingerprint density at radius 2 is 1.69 bits per heavy atom. The maximum Gasteiger partial charge on any atom is 0.312 e. The predicted octanol–water partition coefficient (Wildman–Crippen LogP) is 6.72. The van der Waals surface area contributed by atoms with Gasteiger partial charge in [-0.25, -0.2) is 4.98 Å². The zero-order valence-electron chi connectivity index (χ0n) is 38.9. The number of hydrogen-bond donors (Lipinski definition) is 4. The minimum Gasteiger partial charge on any atom is -0.505 e. The molecule has 65 heavy (non-hydrogen) atoms. The number of rotatable bonds is 8. The fourth-order valence-corrected chi connectivity index (χ4v) is 8.71. The van der Waals surface area contributed by atoms with Gasteiger partial charge in [0.25, 0.3) is 11.7 Å². The Labute approximate surface area is 377 Å². The summed E-state index contributed by atoms with van der Waals surface area (Å²) in [7, 11) is 1.44. The van der Waals surface area contributed by atoms with Crippen molar-refractivity contribution in [3.63, 3.8) is 0 Å². The number of aromatic hydroxyl groups is 1. The number of fused-ring (bicyclic) bond motifs is 5. The van der Waals surface area contributed by atoms with Gasteiger partial charge in [0.05, 0.1) is 35.5 Å². The smallest absolute Gasteiger partial charge is 0.312 e. The quantitative estimate of drug-likeness (QED) is 0.0625.